The van der Waals surface area contributed by atoms with Crippen LogP contribution >= 0.6 is 0 Å². The van der Waals surface area contributed by atoms with E-state index in [1.165, 1.54) is 0 Å². The summed E-state index contributed by atoms with van der Waals surface area (Å²) < 4.78 is 0. The topological polar surface area (TPSA) is 55.1 Å². The molecule has 0 aromatic heterocycles. The van der Waals surface area contributed by atoms with Crippen LogP contribution in [-0.2, 0) is 4.79 Å². The predicted octanol–water partition coefficient (Wildman–Crippen LogP) is 2.37. The number of rotatable bonds is 3. The minimum Gasteiger partial charge on any atom is -0.329 e. The lowest BCUT2D eigenvalue weighted by Gasteiger charge is -2.39. The van der Waals surface area contributed by atoms with E-state index < -0.39 is 0 Å². The van der Waals surface area contributed by atoms with Gasteiger partial charge in [-0.3, -0.25) is 4.79 Å². The fourth-order valence-corrected chi connectivity index (χ4v) is 2.39. The summed E-state index contributed by atoms with van der Waals surface area (Å²) in [5, 5.41) is 3.05. The van der Waals surface area contributed by atoms with Gasteiger partial charge in [-0.1, -0.05) is 24.6 Å². The Bertz CT molecular complexity index is 410. The van der Waals surface area contributed by atoms with E-state index in [9.17, 15) is 4.79 Å². The second-order valence-electron chi connectivity index (χ2n) is 5.06. The highest BCUT2D eigenvalue weighted by molar-refractivity contribution is 5.97. The Kier molecular flexibility index (Phi) is 3.20. The van der Waals surface area contributed by atoms with Gasteiger partial charge in [-0.2, -0.15) is 0 Å². The van der Waals surface area contributed by atoms with Crippen molar-refractivity contribution in [3.05, 3.63) is 29.3 Å². The maximum atomic E-state index is 12.3. The predicted molar refractivity (Wildman–Crippen MR) is 69.9 cm³/mol. The molecule has 3 nitrogen and oxygen atoms in total. The van der Waals surface area contributed by atoms with Crippen LogP contribution in [0.3, 0.4) is 0 Å². The van der Waals surface area contributed by atoms with Crippen molar-refractivity contribution < 1.29 is 4.79 Å². The molecule has 2 rings (SSSR count). The third-order valence-electron chi connectivity index (χ3n) is 3.90. The van der Waals surface area contributed by atoms with Gasteiger partial charge in [-0.25, -0.2) is 0 Å². The van der Waals surface area contributed by atoms with Crippen LogP contribution in [-0.4, -0.2) is 12.5 Å². The fraction of sp³-hybridized carbons (Fsp3) is 0.500. The van der Waals surface area contributed by atoms with Gasteiger partial charge in [0.25, 0.3) is 0 Å². The second kappa shape index (κ2) is 4.49. The average molecular weight is 232 g/mol. The van der Waals surface area contributed by atoms with E-state index >= 15 is 0 Å². The molecule has 1 aliphatic rings. The number of aryl methyl sites for hydroxylation is 2. The normalized spacial score (nSPS) is 17.4. The Labute approximate surface area is 102 Å². The first-order chi connectivity index (χ1) is 8.09. The summed E-state index contributed by atoms with van der Waals surface area (Å²) in [5.74, 6) is 0.0867. The van der Waals surface area contributed by atoms with Gasteiger partial charge in [-0.05, 0) is 37.8 Å². The summed E-state index contributed by atoms with van der Waals surface area (Å²) in [6, 6.07) is 6.03. The van der Waals surface area contributed by atoms with Crippen LogP contribution in [0.5, 0.6) is 0 Å². The molecule has 1 fully saturated rings. The minimum atomic E-state index is -0.311. The third-order valence-corrected chi connectivity index (χ3v) is 3.90. The highest BCUT2D eigenvalue weighted by Gasteiger charge is 2.42. The number of nitrogens with two attached hydrogens (primary N) is 1. The first-order valence-electron chi connectivity index (χ1n) is 6.17. The van der Waals surface area contributed by atoms with Crippen molar-refractivity contribution in [2.75, 3.05) is 11.9 Å². The average Bonchev–Trinajstić information content (AvgIpc) is 2.23. The van der Waals surface area contributed by atoms with Gasteiger partial charge in [0.1, 0.15) is 0 Å². The largest absolute Gasteiger partial charge is 0.329 e. The van der Waals surface area contributed by atoms with Crippen molar-refractivity contribution >= 4 is 11.6 Å². The molecule has 3 N–H and O–H groups in total. The van der Waals surface area contributed by atoms with Gasteiger partial charge in [0, 0.05) is 12.2 Å². The lowest BCUT2D eigenvalue weighted by atomic mass is 9.68. The summed E-state index contributed by atoms with van der Waals surface area (Å²) in [4.78, 5) is 12.3. The van der Waals surface area contributed by atoms with E-state index in [1.807, 2.05) is 32.0 Å². The highest BCUT2D eigenvalue weighted by Crippen LogP contribution is 2.41. The van der Waals surface area contributed by atoms with Crippen LogP contribution in [0.15, 0.2) is 18.2 Å². The van der Waals surface area contributed by atoms with E-state index in [0.717, 1.165) is 36.1 Å². The van der Waals surface area contributed by atoms with E-state index in [-0.39, 0.29) is 11.3 Å². The van der Waals surface area contributed by atoms with Crippen molar-refractivity contribution in [1.82, 2.24) is 0 Å². The lowest BCUT2D eigenvalue weighted by Crippen LogP contribution is -2.47. The number of anilines is 1. The van der Waals surface area contributed by atoms with E-state index in [4.69, 9.17) is 5.73 Å². The summed E-state index contributed by atoms with van der Waals surface area (Å²) in [5.41, 5.74) is 8.57. The molecule has 0 bridgehead atoms. The zero-order chi connectivity index (χ0) is 12.5. The molecule has 1 aliphatic carbocycles. The molecular weight excluding hydrogens is 212 g/mol. The highest BCUT2D eigenvalue weighted by atomic mass is 16.2. The summed E-state index contributed by atoms with van der Waals surface area (Å²) in [7, 11) is 0. The number of benzene rings is 1. The molecule has 0 atom stereocenters. The van der Waals surface area contributed by atoms with E-state index in [0.29, 0.717) is 6.54 Å². The first kappa shape index (κ1) is 12.1. The Morgan fingerprint density at radius 2 is 1.94 bits per heavy atom. The van der Waals surface area contributed by atoms with Crippen LogP contribution in [0.4, 0.5) is 5.69 Å². The molecular formula is C14H20N2O. The molecule has 1 saturated carbocycles. The Hall–Kier alpha value is -1.35. The maximum Gasteiger partial charge on any atom is 0.231 e. The Morgan fingerprint density at radius 1 is 1.35 bits per heavy atom. The zero-order valence-corrected chi connectivity index (χ0v) is 10.5. The lowest BCUT2D eigenvalue weighted by molar-refractivity contribution is -0.129. The van der Waals surface area contributed by atoms with Gasteiger partial charge in [0.2, 0.25) is 5.91 Å². The SMILES string of the molecule is Cc1cccc(C)c1NC(=O)C1(CN)CCC1. The molecule has 3 heteroatoms. The zero-order valence-electron chi connectivity index (χ0n) is 10.5. The van der Waals surface area contributed by atoms with Crippen LogP contribution in [0.1, 0.15) is 30.4 Å². The van der Waals surface area contributed by atoms with E-state index in [1.54, 1.807) is 0 Å². The summed E-state index contributed by atoms with van der Waals surface area (Å²) in [6.45, 7) is 4.47. The Balaban J connectivity index is 2.18. The summed E-state index contributed by atoms with van der Waals surface area (Å²) >= 11 is 0. The van der Waals surface area contributed by atoms with Gasteiger partial charge < -0.3 is 11.1 Å². The number of nitrogens with one attached hydrogen (secondary N) is 1. The van der Waals surface area contributed by atoms with Crippen molar-refractivity contribution in [3.63, 3.8) is 0 Å². The molecule has 1 aromatic carbocycles. The van der Waals surface area contributed by atoms with Gasteiger partial charge in [0.15, 0.2) is 0 Å². The molecule has 1 amide bonds. The van der Waals surface area contributed by atoms with Gasteiger partial charge in [0.05, 0.1) is 5.41 Å². The molecule has 0 spiro atoms. The number of hydrogen-bond acceptors (Lipinski definition) is 2. The number of carbonyl (C=O) groups excluding carboxylic acids is 1. The molecule has 0 radical (unpaired) electrons. The van der Waals surface area contributed by atoms with E-state index in [2.05, 4.69) is 5.32 Å². The van der Waals surface area contributed by atoms with Gasteiger partial charge >= 0.3 is 0 Å². The van der Waals surface area contributed by atoms with Crippen molar-refractivity contribution in [3.8, 4) is 0 Å². The molecule has 0 heterocycles. The smallest absolute Gasteiger partial charge is 0.231 e. The van der Waals surface area contributed by atoms with Crippen molar-refractivity contribution in [2.24, 2.45) is 11.1 Å². The molecule has 0 unspecified atom stereocenters. The third kappa shape index (κ3) is 2.07. The number of para-hydroxylation sites is 1. The molecule has 92 valence electrons. The first-order valence-corrected chi connectivity index (χ1v) is 6.17. The monoisotopic (exact) mass is 232 g/mol. The maximum absolute atomic E-state index is 12.3. The van der Waals surface area contributed by atoms with Crippen LogP contribution in [0, 0.1) is 19.3 Å². The number of hydrogen-bond donors (Lipinski definition) is 2. The summed E-state index contributed by atoms with van der Waals surface area (Å²) in [6.07, 6.45) is 2.94. The van der Waals surface area contributed by atoms with Crippen LogP contribution < -0.4 is 11.1 Å². The van der Waals surface area contributed by atoms with Gasteiger partial charge in [-0.15, -0.1) is 0 Å². The fourth-order valence-electron chi connectivity index (χ4n) is 2.39. The second-order valence-corrected chi connectivity index (χ2v) is 5.06. The standard InChI is InChI=1S/C14H20N2O/c1-10-5-3-6-11(2)12(10)16-13(17)14(9-15)7-4-8-14/h3,5-6H,4,7-9,15H2,1-2H3,(H,16,17). The molecule has 0 saturated heterocycles. The number of carbonyl (C=O) groups is 1. The van der Waals surface area contributed by atoms with Crippen LogP contribution in [0.25, 0.3) is 0 Å². The van der Waals surface area contributed by atoms with Crippen LogP contribution in [0.2, 0.25) is 0 Å². The van der Waals surface area contributed by atoms with Crippen molar-refractivity contribution in [2.45, 2.75) is 33.1 Å². The van der Waals surface area contributed by atoms with Crippen molar-refractivity contribution in [1.29, 1.82) is 0 Å². The number of amides is 1. The quantitative estimate of drug-likeness (QED) is 0.840. The Morgan fingerprint density at radius 3 is 2.35 bits per heavy atom. The minimum absolute atomic E-state index is 0.0867. The molecule has 1 aromatic rings. The molecule has 17 heavy (non-hydrogen) atoms. The molecule has 0 aliphatic heterocycles.